The Morgan fingerprint density at radius 2 is 1.61 bits per heavy atom. The molecule has 0 heterocycles. The Labute approximate surface area is 98.0 Å². The largest absolute Gasteiger partial charge is 0.423 e. The molecule has 102 valence electrons. The molecule has 0 spiro atoms. The molecule has 0 aliphatic heterocycles. The third-order valence-electron chi connectivity index (χ3n) is 2.54. The van der Waals surface area contributed by atoms with Gasteiger partial charge in [-0.1, -0.05) is 0 Å². The molecule has 0 aliphatic rings. The Bertz CT molecular complexity index is 458. The van der Waals surface area contributed by atoms with Crippen LogP contribution in [-0.4, -0.2) is 17.3 Å². The lowest BCUT2D eigenvalue weighted by Crippen LogP contribution is -2.54. The third-order valence-corrected chi connectivity index (χ3v) is 2.54. The number of hydrogen-bond acceptors (Lipinski definition) is 2. The molecule has 2 nitrogen and oxygen atoms in total. The van der Waals surface area contributed by atoms with Gasteiger partial charge in [-0.3, -0.25) is 0 Å². The summed E-state index contributed by atoms with van der Waals surface area (Å²) in [5, 5.41) is 9.51. The number of aliphatic hydroxyl groups is 1. The molecule has 0 saturated heterocycles. The quantitative estimate of drug-likeness (QED) is 0.641. The molecule has 1 rings (SSSR count). The highest BCUT2D eigenvalue weighted by Gasteiger charge is 2.59. The van der Waals surface area contributed by atoms with Crippen molar-refractivity contribution in [2.24, 2.45) is 5.73 Å². The summed E-state index contributed by atoms with van der Waals surface area (Å²) in [6.45, 7) is 0.772. The molecule has 0 fully saturated rings. The summed E-state index contributed by atoms with van der Waals surface area (Å²) in [6, 6.07) is -1.38. The monoisotopic (exact) mass is 273 g/mol. The minimum Gasteiger partial charge on any atom is -0.375 e. The first-order valence-corrected chi connectivity index (χ1v) is 4.72. The predicted molar refractivity (Wildman–Crippen MR) is 49.9 cm³/mol. The minimum atomic E-state index is -5.34. The summed E-state index contributed by atoms with van der Waals surface area (Å²) < 4.78 is 77.1. The van der Waals surface area contributed by atoms with Crippen LogP contribution >= 0.6 is 0 Å². The molecule has 1 aromatic carbocycles. The predicted octanol–water partition coefficient (Wildman–Crippen LogP) is 2.20. The molecule has 0 saturated carbocycles. The van der Waals surface area contributed by atoms with Crippen molar-refractivity contribution in [3.05, 3.63) is 35.1 Å². The first-order valence-electron chi connectivity index (χ1n) is 4.72. The van der Waals surface area contributed by atoms with E-state index in [1.54, 1.807) is 0 Å². The number of nitrogens with two attached hydrogens (primary N) is 1. The third kappa shape index (κ3) is 2.05. The molecule has 8 heteroatoms. The highest BCUT2D eigenvalue weighted by Crippen LogP contribution is 2.42. The Morgan fingerprint density at radius 3 is 2.00 bits per heavy atom. The van der Waals surface area contributed by atoms with Crippen LogP contribution < -0.4 is 5.73 Å². The van der Waals surface area contributed by atoms with Gasteiger partial charge in [-0.15, -0.1) is 0 Å². The molecule has 2 unspecified atom stereocenters. The van der Waals surface area contributed by atoms with E-state index in [-0.39, 0.29) is 6.07 Å². The van der Waals surface area contributed by atoms with Gasteiger partial charge >= 0.3 is 6.18 Å². The van der Waals surface area contributed by atoms with E-state index < -0.39 is 40.8 Å². The van der Waals surface area contributed by atoms with Crippen molar-refractivity contribution >= 4 is 0 Å². The van der Waals surface area contributed by atoms with Gasteiger partial charge in [0.25, 0.3) is 0 Å². The maximum Gasteiger partial charge on any atom is 0.423 e. The summed E-state index contributed by atoms with van der Waals surface area (Å²) in [4.78, 5) is 0. The van der Waals surface area contributed by atoms with Gasteiger partial charge in [0, 0.05) is 11.6 Å². The average Bonchev–Trinajstić information content (AvgIpc) is 2.23. The van der Waals surface area contributed by atoms with Crippen LogP contribution in [-0.2, 0) is 5.60 Å². The highest BCUT2D eigenvalue weighted by molar-refractivity contribution is 5.29. The van der Waals surface area contributed by atoms with Crippen LogP contribution in [0.4, 0.5) is 26.3 Å². The fourth-order valence-electron chi connectivity index (χ4n) is 1.48. The van der Waals surface area contributed by atoms with Gasteiger partial charge in [-0.05, 0) is 19.1 Å². The second kappa shape index (κ2) is 4.43. The second-order valence-corrected chi connectivity index (χ2v) is 3.78. The zero-order valence-electron chi connectivity index (χ0n) is 9.02. The molecule has 18 heavy (non-hydrogen) atoms. The van der Waals surface area contributed by atoms with Gasteiger partial charge in [-0.25, -0.2) is 13.2 Å². The van der Waals surface area contributed by atoms with E-state index in [0.29, 0.717) is 6.07 Å². The highest BCUT2D eigenvalue weighted by atomic mass is 19.4. The van der Waals surface area contributed by atoms with E-state index in [4.69, 9.17) is 5.73 Å². The van der Waals surface area contributed by atoms with E-state index >= 15 is 0 Å². The molecular weight excluding hydrogens is 264 g/mol. The van der Waals surface area contributed by atoms with E-state index in [9.17, 15) is 31.4 Å². The summed E-state index contributed by atoms with van der Waals surface area (Å²) in [5.41, 5.74) is -0.261. The van der Waals surface area contributed by atoms with E-state index in [1.807, 2.05) is 0 Å². The van der Waals surface area contributed by atoms with Crippen molar-refractivity contribution in [2.75, 3.05) is 0 Å². The van der Waals surface area contributed by atoms with Crippen LogP contribution in [0.1, 0.15) is 12.5 Å². The lowest BCUT2D eigenvalue weighted by Gasteiger charge is -2.34. The summed E-state index contributed by atoms with van der Waals surface area (Å²) in [6.07, 6.45) is -5.34. The van der Waals surface area contributed by atoms with Crippen molar-refractivity contribution in [2.45, 2.75) is 24.7 Å². The van der Waals surface area contributed by atoms with Crippen LogP contribution in [0.2, 0.25) is 0 Å². The Balaban J connectivity index is 3.56. The van der Waals surface area contributed by atoms with Gasteiger partial charge in [0.05, 0.1) is 0 Å². The number of rotatable bonds is 2. The maximum atomic E-state index is 13.3. The number of alkyl halides is 3. The van der Waals surface area contributed by atoms with Crippen LogP contribution in [0, 0.1) is 17.5 Å². The van der Waals surface area contributed by atoms with Gasteiger partial charge in [0.1, 0.15) is 0 Å². The lowest BCUT2D eigenvalue weighted by atomic mass is 9.86. The molecule has 0 aliphatic carbocycles. The van der Waals surface area contributed by atoms with Gasteiger partial charge in [0.2, 0.25) is 5.60 Å². The first kappa shape index (κ1) is 14.8. The van der Waals surface area contributed by atoms with E-state index in [0.717, 1.165) is 6.92 Å². The topological polar surface area (TPSA) is 46.2 Å². The van der Waals surface area contributed by atoms with Crippen molar-refractivity contribution in [3.8, 4) is 0 Å². The molecule has 1 aromatic rings. The minimum absolute atomic E-state index is 0.285. The number of halogens is 6. The van der Waals surface area contributed by atoms with Crippen molar-refractivity contribution in [3.63, 3.8) is 0 Å². The van der Waals surface area contributed by atoms with Crippen LogP contribution in [0.5, 0.6) is 0 Å². The maximum absolute atomic E-state index is 13.3. The summed E-state index contributed by atoms with van der Waals surface area (Å²) >= 11 is 0. The number of hydrogen-bond donors (Lipinski definition) is 2. The van der Waals surface area contributed by atoms with Crippen LogP contribution in [0.3, 0.4) is 0 Å². The summed E-state index contributed by atoms with van der Waals surface area (Å²) in [7, 11) is 0. The number of benzene rings is 1. The fourth-order valence-corrected chi connectivity index (χ4v) is 1.48. The average molecular weight is 273 g/mol. The summed E-state index contributed by atoms with van der Waals surface area (Å²) in [5.74, 6) is -5.88. The Kier molecular flexibility index (Phi) is 3.64. The zero-order chi connectivity index (χ0) is 14.3. The van der Waals surface area contributed by atoms with Crippen molar-refractivity contribution < 1.29 is 31.4 Å². The molecular formula is C10H9F6NO. The van der Waals surface area contributed by atoms with Crippen molar-refractivity contribution in [1.82, 2.24) is 0 Å². The van der Waals surface area contributed by atoms with Crippen molar-refractivity contribution in [1.29, 1.82) is 0 Å². The van der Waals surface area contributed by atoms with Crippen LogP contribution in [0.25, 0.3) is 0 Å². The zero-order valence-corrected chi connectivity index (χ0v) is 9.02. The smallest absolute Gasteiger partial charge is 0.375 e. The fraction of sp³-hybridized carbons (Fsp3) is 0.400. The standard InChI is InChI=1S/C10H9F6NO/c1-4(17)9(18,10(14,15)16)5-2-3-6(11)8(13)7(5)12/h2-4,18H,17H2,1H3. The van der Waals surface area contributed by atoms with Gasteiger partial charge in [-0.2, -0.15) is 13.2 Å². The Morgan fingerprint density at radius 1 is 1.11 bits per heavy atom. The van der Waals surface area contributed by atoms with E-state index in [1.165, 1.54) is 0 Å². The molecule has 0 aromatic heterocycles. The molecule has 3 N–H and O–H groups in total. The SMILES string of the molecule is CC(N)C(O)(c1ccc(F)c(F)c1F)C(F)(F)F. The second-order valence-electron chi connectivity index (χ2n) is 3.78. The molecule has 2 atom stereocenters. The molecule has 0 amide bonds. The van der Waals surface area contributed by atoms with Gasteiger partial charge < -0.3 is 10.8 Å². The normalized spacial score (nSPS) is 17.4. The van der Waals surface area contributed by atoms with Gasteiger partial charge in [0.15, 0.2) is 17.5 Å². The molecule has 0 bridgehead atoms. The molecule has 0 radical (unpaired) electrons. The first-order chi connectivity index (χ1) is 8.03. The Hall–Kier alpha value is -1.28. The van der Waals surface area contributed by atoms with Crippen LogP contribution in [0.15, 0.2) is 12.1 Å². The lowest BCUT2D eigenvalue weighted by molar-refractivity contribution is -0.273. The van der Waals surface area contributed by atoms with E-state index in [2.05, 4.69) is 0 Å².